The van der Waals surface area contributed by atoms with Crippen LogP contribution >= 0.6 is 0 Å². The van der Waals surface area contributed by atoms with Gasteiger partial charge in [0, 0.05) is 24.1 Å². The topological polar surface area (TPSA) is 117 Å². The van der Waals surface area contributed by atoms with E-state index < -0.39 is 21.6 Å². The van der Waals surface area contributed by atoms with E-state index in [0.29, 0.717) is 24.2 Å². The lowest BCUT2D eigenvalue weighted by Crippen LogP contribution is -2.17. The van der Waals surface area contributed by atoms with Crippen LogP contribution in [0.5, 0.6) is 11.5 Å². The SMILES string of the molecule is CCc1ccccc1CCc1cc(O)c(C(c2cccc(NS(=O)(=O)c3ccccc3O)c2)C2CC2)c(=O)o1. The van der Waals surface area contributed by atoms with E-state index in [2.05, 4.69) is 23.8 Å². The first-order chi connectivity index (χ1) is 18.8. The molecule has 0 radical (unpaired) electrons. The van der Waals surface area contributed by atoms with E-state index in [-0.39, 0.29) is 33.6 Å². The van der Waals surface area contributed by atoms with Crippen molar-refractivity contribution < 1.29 is 23.0 Å². The van der Waals surface area contributed by atoms with Gasteiger partial charge in [-0.15, -0.1) is 0 Å². The van der Waals surface area contributed by atoms with E-state index >= 15 is 0 Å². The van der Waals surface area contributed by atoms with E-state index in [9.17, 15) is 23.4 Å². The average molecular weight is 546 g/mol. The Morgan fingerprint density at radius 1 is 0.897 bits per heavy atom. The Balaban J connectivity index is 1.42. The first kappa shape index (κ1) is 26.6. The molecule has 0 aliphatic heterocycles. The van der Waals surface area contributed by atoms with Crippen molar-refractivity contribution in [1.29, 1.82) is 0 Å². The third kappa shape index (κ3) is 5.86. The van der Waals surface area contributed by atoms with E-state index in [1.54, 1.807) is 24.3 Å². The molecule has 1 fully saturated rings. The zero-order valence-electron chi connectivity index (χ0n) is 21.6. The van der Waals surface area contributed by atoms with Crippen LogP contribution in [0.25, 0.3) is 0 Å². The number of aromatic hydroxyl groups is 2. The highest BCUT2D eigenvalue weighted by molar-refractivity contribution is 7.92. The number of para-hydroxylation sites is 1. The van der Waals surface area contributed by atoms with E-state index in [0.717, 1.165) is 19.3 Å². The molecule has 1 aliphatic carbocycles. The third-order valence-corrected chi connectivity index (χ3v) is 8.64. The van der Waals surface area contributed by atoms with Gasteiger partial charge in [-0.05, 0) is 72.6 Å². The van der Waals surface area contributed by atoms with Crippen LogP contribution in [0.2, 0.25) is 0 Å². The molecule has 3 aromatic carbocycles. The monoisotopic (exact) mass is 545 g/mol. The zero-order chi connectivity index (χ0) is 27.6. The number of nitrogens with one attached hydrogen (secondary N) is 1. The Morgan fingerprint density at radius 3 is 2.31 bits per heavy atom. The fourth-order valence-corrected chi connectivity index (χ4v) is 6.29. The van der Waals surface area contributed by atoms with Gasteiger partial charge >= 0.3 is 5.63 Å². The van der Waals surface area contributed by atoms with Crippen LogP contribution in [-0.4, -0.2) is 18.6 Å². The second kappa shape index (κ2) is 11.0. The van der Waals surface area contributed by atoms with Gasteiger partial charge in [-0.1, -0.05) is 55.5 Å². The Labute approximate surface area is 227 Å². The quantitative estimate of drug-likeness (QED) is 0.234. The highest BCUT2D eigenvalue weighted by Gasteiger charge is 2.37. The van der Waals surface area contributed by atoms with Crippen molar-refractivity contribution in [2.45, 2.75) is 49.8 Å². The molecule has 1 atom stereocenters. The highest BCUT2D eigenvalue weighted by Crippen LogP contribution is 2.48. The van der Waals surface area contributed by atoms with Gasteiger partial charge in [0.25, 0.3) is 10.0 Å². The van der Waals surface area contributed by atoms with Crippen molar-refractivity contribution in [1.82, 2.24) is 0 Å². The van der Waals surface area contributed by atoms with Crippen LogP contribution in [0.3, 0.4) is 0 Å². The maximum atomic E-state index is 13.2. The van der Waals surface area contributed by atoms with Gasteiger partial charge in [0.2, 0.25) is 0 Å². The molecule has 1 aromatic heterocycles. The molecular formula is C31H31NO6S. The largest absolute Gasteiger partial charge is 0.507 e. The molecule has 202 valence electrons. The molecule has 1 unspecified atom stereocenters. The van der Waals surface area contributed by atoms with Crippen LogP contribution in [0, 0.1) is 5.92 Å². The lowest BCUT2D eigenvalue weighted by atomic mass is 9.87. The van der Waals surface area contributed by atoms with Gasteiger partial charge in [-0.25, -0.2) is 13.2 Å². The molecular weight excluding hydrogens is 514 g/mol. The summed E-state index contributed by atoms with van der Waals surface area (Å²) in [5, 5.41) is 21.0. The van der Waals surface area contributed by atoms with Crippen LogP contribution in [0.4, 0.5) is 5.69 Å². The van der Waals surface area contributed by atoms with Crippen LogP contribution in [-0.2, 0) is 29.3 Å². The zero-order valence-corrected chi connectivity index (χ0v) is 22.4. The molecule has 3 N–H and O–H groups in total. The molecule has 1 aliphatic rings. The van der Waals surface area contributed by atoms with Gasteiger partial charge in [0.1, 0.15) is 22.2 Å². The lowest BCUT2D eigenvalue weighted by molar-refractivity contribution is 0.403. The summed E-state index contributed by atoms with van der Waals surface area (Å²) in [4.78, 5) is 13.0. The maximum absolute atomic E-state index is 13.2. The molecule has 4 aromatic rings. The molecule has 39 heavy (non-hydrogen) atoms. The van der Waals surface area contributed by atoms with Crippen molar-refractivity contribution in [3.05, 3.63) is 117 Å². The fraction of sp³-hybridized carbons (Fsp3) is 0.258. The molecule has 1 heterocycles. The van der Waals surface area contributed by atoms with Gasteiger partial charge in [0.05, 0.1) is 5.56 Å². The number of sulfonamides is 1. The Bertz CT molecular complexity index is 1660. The molecule has 0 saturated heterocycles. The summed E-state index contributed by atoms with van der Waals surface area (Å²) in [7, 11) is -4.04. The predicted molar refractivity (Wildman–Crippen MR) is 150 cm³/mol. The second-order valence-electron chi connectivity index (χ2n) is 9.94. The van der Waals surface area contributed by atoms with Crippen molar-refractivity contribution in [3.63, 3.8) is 0 Å². The summed E-state index contributed by atoms with van der Waals surface area (Å²) >= 11 is 0. The first-order valence-corrected chi connectivity index (χ1v) is 14.6. The molecule has 5 rings (SSSR count). The smallest absolute Gasteiger partial charge is 0.343 e. The number of benzene rings is 3. The summed E-state index contributed by atoms with van der Waals surface area (Å²) in [5.74, 6) is -0.345. The number of phenolic OH excluding ortho intramolecular Hbond substituents is 1. The van der Waals surface area contributed by atoms with E-state index in [1.165, 1.54) is 35.4 Å². The number of anilines is 1. The number of hydrogen-bond acceptors (Lipinski definition) is 6. The fourth-order valence-electron chi connectivity index (χ4n) is 5.15. The summed E-state index contributed by atoms with van der Waals surface area (Å²) in [5.41, 5.74) is 3.03. The number of aryl methyl sites for hydroxylation is 3. The van der Waals surface area contributed by atoms with E-state index in [4.69, 9.17) is 4.42 Å². The van der Waals surface area contributed by atoms with Crippen molar-refractivity contribution in [2.24, 2.45) is 5.92 Å². The molecule has 0 bridgehead atoms. The number of hydrogen-bond donors (Lipinski definition) is 3. The van der Waals surface area contributed by atoms with Crippen molar-refractivity contribution in [3.8, 4) is 11.5 Å². The third-order valence-electron chi connectivity index (χ3n) is 7.21. The summed E-state index contributed by atoms with van der Waals surface area (Å²) in [6, 6.07) is 22.2. The highest BCUT2D eigenvalue weighted by atomic mass is 32.2. The minimum Gasteiger partial charge on any atom is -0.507 e. The van der Waals surface area contributed by atoms with Gasteiger partial charge in [-0.3, -0.25) is 4.72 Å². The van der Waals surface area contributed by atoms with E-state index in [1.807, 2.05) is 18.2 Å². The molecule has 8 heteroatoms. The summed E-state index contributed by atoms with van der Waals surface area (Å²) < 4.78 is 34.0. The van der Waals surface area contributed by atoms with Crippen LogP contribution < -0.4 is 10.3 Å². The van der Waals surface area contributed by atoms with Gasteiger partial charge in [0.15, 0.2) is 0 Å². The number of rotatable bonds is 10. The van der Waals surface area contributed by atoms with Crippen molar-refractivity contribution >= 4 is 15.7 Å². The van der Waals surface area contributed by atoms with Gasteiger partial charge in [-0.2, -0.15) is 0 Å². The minimum absolute atomic E-state index is 0.109. The predicted octanol–water partition coefficient (Wildman–Crippen LogP) is 5.74. The van der Waals surface area contributed by atoms with Crippen LogP contribution in [0.1, 0.15) is 53.7 Å². The second-order valence-corrected chi connectivity index (χ2v) is 11.6. The van der Waals surface area contributed by atoms with Crippen LogP contribution in [0.15, 0.2) is 93.0 Å². The molecule has 1 saturated carbocycles. The molecule has 0 spiro atoms. The number of phenols is 1. The standard InChI is InChI=1S/C31H31NO6S/c1-2-20-8-3-4-9-21(20)16-17-25-19-27(34)30(31(35)38-25)29(22-14-15-22)23-10-7-11-24(18-23)32-39(36,37)28-13-6-5-12-26(28)33/h3-13,18-19,22,29,32-34H,2,14-17H2,1H3. The lowest BCUT2D eigenvalue weighted by Gasteiger charge is -2.19. The maximum Gasteiger partial charge on any atom is 0.343 e. The molecule has 7 nitrogen and oxygen atoms in total. The average Bonchev–Trinajstić information content (AvgIpc) is 3.75. The first-order valence-electron chi connectivity index (χ1n) is 13.1. The normalized spacial score (nSPS) is 14.2. The Hall–Kier alpha value is -4.04. The Kier molecular flexibility index (Phi) is 7.48. The minimum atomic E-state index is -4.04. The van der Waals surface area contributed by atoms with Gasteiger partial charge < -0.3 is 14.6 Å². The molecule has 0 amide bonds. The Morgan fingerprint density at radius 2 is 1.62 bits per heavy atom. The summed E-state index contributed by atoms with van der Waals surface area (Å²) in [6.07, 6.45) is 3.85. The van der Waals surface area contributed by atoms with Crippen molar-refractivity contribution in [2.75, 3.05) is 4.72 Å². The summed E-state index contributed by atoms with van der Waals surface area (Å²) in [6.45, 7) is 2.10.